The fourth-order valence-corrected chi connectivity index (χ4v) is 0.178. The molecule has 0 amide bonds. The third-order valence-electron chi connectivity index (χ3n) is 0.332. The lowest BCUT2D eigenvalue weighted by atomic mass is 10.5. The lowest BCUT2D eigenvalue weighted by molar-refractivity contribution is -0.202. The second-order valence-electron chi connectivity index (χ2n) is 0.885. The van der Waals surface area contributed by atoms with Crippen molar-refractivity contribution in [2.45, 2.75) is 13.3 Å². The summed E-state index contributed by atoms with van der Waals surface area (Å²) in [7, 11) is 0. The Morgan fingerprint density at radius 1 is 1.67 bits per heavy atom. The summed E-state index contributed by atoms with van der Waals surface area (Å²) >= 11 is 4.66. The van der Waals surface area contributed by atoms with Gasteiger partial charge in [-0.25, -0.2) is 4.89 Å². The Morgan fingerprint density at radius 3 is 2.50 bits per heavy atom. The predicted octanol–water partition coefficient (Wildman–Crippen LogP) is 1.50. The molecule has 0 aliphatic carbocycles. The maximum atomic E-state index is 4.66. The maximum absolute atomic E-state index is 4.66. The van der Waals surface area contributed by atoms with Crippen molar-refractivity contribution < 1.29 is 9.33 Å². The highest BCUT2D eigenvalue weighted by Crippen LogP contribution is 1.83. The average Bonchev–Trinajstić information content (AvgIpc) is 1.61. The lowest BCUT2D eigenvalue weighted by Gasteiger charge is -1.87. The van der Waals surface area contributed by atoms with Crippen LogP contribution in [0.15, 0.2) is 0 Å². The zero-order chi connectivity index (χ0) is 4.83. The van der Waals surface area contributed by atoms with Gasteiger partial charge in [-0.1, -0.05) is 6.92 Å². The van der Waals surface area contributed by atoms with Crippen LogP contribution in [0, 0.1) is 0 Å². The highest BCUT2D eigenvalue weighted by Gasteiger charge is 1.75. The first-order valence-corrected chi connectivity index (χ1v) is 2.13. The average molecular weight is 111 g/mol. The van der Waals surface area contributed by atoms with E-state index < -0.39 is 0 Å². The van der Waals surface area contributed by atoms with Crippen LogP contribution in [0.4, 0.5) is 0 Å². The van der Waals surface area contributed by atoms with Crippen molar-refractivity contribution in [3.8, 4) is 0 Å². The monoisotopic (exact) mass is 110 g/mol. The molecule has 0 aromatic carbocycles. The van der Waals surface area contributed by atoms with Crippen LogP contribution >= 0.6 is 11.9 Å². The molecule has 0 rings (SSSR count). The largest absolute Gasteiger partial charge is 0.218 e. The normalized spacial score (nSPS) is 9.00. The SMILES string of the molecule is CCCOOCl. The van der Waals surface area contributed by atoms with Gasteiger partial charge in [-0.3, -0.25) is 0 Å². The van der Waals surface area contributed by atoms with Crippen LogP contribution in [0.3, 0.4) is 0 Å². The molecule has 0 spiro atoms. The first-order chi connectivity index (χ1) is 2.91. The molecule has 3 heteroatoms. The zero-order valence-electron chi connectivity index (χ0n) is 3.61. The van der Waals surface area contributed by atoms with E-state index in [1.807, 2.05) is 6.92 Å². The van der Waals surface area contributed by atoms with Gasteiger partial charge in [0.1, 0.15) is 0 Å². The van der Waals surface area contributed by atoms with Crippen LogP contribution in [-0.2, 0) is 9.33 Å². The molecule has 0 unspecified atom stereocenters. The summed E-state index contributed by atoms with van der Waals surface area (Å²) in [5.74, 6) is 0. The number of hydrogen-bond donors (Lipinski definition) is 0. The van der Waals surface area contributed by atoms with Crippen LogP contribution in [0.2, 0.25) is 0 Å². The molecule has 0 fully saturated rings. The minimum Gasteiger partial charge on any atom is -0.218 e. The molecule has 2 nitrogen and oxygen atoms in total. The fraction of sp³-hybridized carbons (Fsp3) is 1.00. The van der Waals surface area contributed by atoms with Crippen LogP contribution in [-0.4, -0.2) is 6.61 Å². The quantitative estimate of drug-likeness (QED) is 0.311. The molecule has 0 aliphatic rings. The minimum absolute atomic E-state index is 0.559. The Morgan fingerprint density at radius 2 is 2.33 bits per heavy atom. The number of hydrogen-bond acceptors (Lipinski definition) is 2. The third-order valence-corrected chi connectivity index (χ3v) is 0.421. The number of halogens is 1. The fourth-order valence-electron chi connectivity index (χ4n) is 0.115. The van der Waals surface area contributed by atoms with Crippen molar-refractivity contribution in [2.75, 3.05) is 6.61 Å². The molecular weight excluding hydrogens is 103 g/mol. The smallest absolute Gasteiger partial charge is 0.0999 e. The van der Waals surface area contributed by atoms with E-state index in [0.717, 1.165) is 6.42 Å². The van der Waals surface area contributed by atoms with Crippen molar-refractivity contribution in [1.82, 2.24) is 0 Å². The second-order valence-corrected chi connectivity index (χ2v) is 1.01. The zero-order valence-corrected chi connectivity index (χ0v) is 4.36. The topological polar surface area (TPSA) is 18.5 Å². The Hall–Kier alpha value is 0.210. The summed E-state index contributed by atoms with van der Waals surface area (Å²) in [6.07, 6.45) is 0.923. The summed E-state index contributed by atoms with van der Waals surface area (Å²) < 4.78 is 3.75. The molecular formula is C3H7ClO2. The van der Waals surface area contributed by atoms with Gasteiger partial charge in [0, 0.05) is 0 Å². The van der Waals surface area contributed by atoms with Gasteiger partial charge in [0.25, 0.3) is 0 Å². The molecule has 38 valence electrons. The van der Waals surface area contributed by atoms with Crippen LogP contribution < -0.4 is 0 Å². The number of rotatable bonds is 3. The van der Waals surface area contributed by atoms with Gasteiger partial charge < -0.3 is 0 Å². The molecule has 0 aliphatic heterocycles. The molecule has 0 heterocycles. The second kappa shape index (κ2) is 5.21. The summed E-state index contributed by atoms with van der Waals surface area (Å²) in [6.45, 7) is 2.53. The van der Waals surface area contributed by atoms with Crippen molar-refractivity contribution in [2.24, 2.45) is 0 Å². The van der Waals surface area contributed by atoms with Crippen LogP contribution in [0.1, 0.15) is 13.3 Å². The van der Waals surface area contributed by atoms with E-state index in [2.05, 4.69) is 21.2 Å². The van der Waals surface area contributed by atoms with E-state index in [1.54, 1.807) is 0 Å². The molecule has 6 heavy (non-hydrogen) atoms. The van der Waals surface area contributed by atoms with E-state index >= 15 is 0 Å². The Balaban J connectivity index is 2.34. The Labute approximate surface area is 42.1 Å². The van der Waals surface area contributed by atoms with E-state index in [9.17, 15) is 0 Å². The molecule has 0 N–H and O–H groups in total. The van der Waals surface area contributed by atoms with Gasteiger partial charge in [-0.2, -0.15) is 0 Å². The van der Waals surface area contributed by atoms with Gasteiger partial charge in [0.05, 0.1) is 18.5 Å². The highest BCUT2D eigenvalue weighted by molar-refractivity contribution is 6.06. The first kappa shape index (κ1) is 6.21. The van der Waals surface area contributed by atoms with E-state index in [0.29, 0.717) is 6.61 Å². The third kappa shape index (κ3) is 4.21. The summed E-state index contributed by atoms with van der Waals surface area (Å²) in [6, 6.07) is 0. The molecule has 0 radical (unpaired) electrons. The van der Waals surface area contributed by atoms with Crippen LogP contribution in [0.25, 0.3) is 0 Å². The molecule has 0 aromatic rings. The van der Waals surface area contributed by atoms with Crippen molar-refractivity contribution in [1.29, 1.82) is 0 Å². The minimum atomic E-state index is 0.559. The molecule has 0 saturated heterocycles. The molecule has 0 bridgehead atoms. The van der Waals surface area contributed by atoms with Gasteiger partial charge in [-0.15, -0.1) is 4.44 Å². The van der Waals surface area contributed by atoms with E-state index in [-0.39, 0.29) is 0 Å². The van der Waals surface area contributed by atoms with Crippen molar-refractivity contribution in [3.05, 3.63) is 0 Å². The summed E-state index contributed by atoms with van der Waals surface area (Å²) in [5.41, 5.74) is 0. The molecule has 0 atom stereocenters. The Kier molecular flexibility index (Phi) is 5.39. The maximum Gasteiger partial charge on any atom is 0.0999 e. The predicted molar refractivity (Wildman–Crippen MR) is 23.2 cm³/mol. The van der Waals surface area contributed by atoms with Gasteiger partial charge >= 0.3 is 0 Å². The van der Waals surface area contributed by atoms with Gasteiger partial charge in [-0.05, 0) is 6.42 Å². The lowest BCUT2D eigenvalue weighted by Crippen LogP contribution is -1.84. The first-order valence-electron chi connectivity index (χ1n) is 1.82. The summed E-state index contributed by atoms with van der Waals surface area (Å²) in [5, 5.41) is 0. The molecule has 0 aromatic heterocycles. The van der Waals surface area contributed by atoms with Gasteiger partial charge in [0.2, 0.25) is 0 Å². The highest BCUT2D eigenvalue weighted by atomic mass is 35.5. The Bertz CT molecular complexity index is 20.8. The molecule has 0 saturated carbocycles. The van der Waals surface area contributed by atoms with Crippen molar-refractivity contribution in [3.63, 3.8) is 0 Å². The standard InChI is InChI=1S/C3H7ClO2/c1-2-3-5-6-4/h2-3H2,1H3. The summed E-state index contributed by atoms with van der Waals surface area (Å²) in [4.78, 5) is 4.25. The van der Waals surface area contributed by atoms with Crippen LogP contribution in [0.5, 0.6) is 0 Å². The van der Waals surface area contributed by atoms with Crippen molar-refractivity contribution >= 4 is 11.9 Å². The van der Waals surface area contributed by atoms with E-state index in [4.69, 9.17) is 0 Å². The van der Waals surface area contributed by atoms with E-state index in [1.165, 1.54) is 0 Å². The van der Waals surface area contributed by atoms with Gasteiger partial charge in [0.15, 0.2) is 0 Å².